The molecule has 1 heterocycles. The predicted molar refractivity (Wildman–Crippen MR) is 83.8 cm³/mol. The lowest BCUT2D eigenvalue weighted by Gasteiger charge is -2.29. The first-order valence-corrected chi connectivity index (χ1v) is 8.47. The van der Waals surface area contributed by atoms with Crippen molar-refractivity contribution in [2.45, 2.75) is 71.3 Å². The normalized spacial score (nSPS) is 27.9. The fourth-order valence-electron chi connectivity index (χ4n) is 2.92. The zero-order chi connectivity index (χ0) is 14.1. The van der Waals surface area contributed by atoms with E-state index in [1.807, 2.05) is 11.3 Å². The number of rotatable bonds is 4. The maximum atomic E-state index is 4.98. The van der Waals surface area contributed by atoms with E-state index in [1.165, 1.54) is 36.4 Å². The molecule has 2 rings (SSSR count). The minimum atomic E-state index is 0.156. The van der Waals surface area contributed by atoms with Crippen LogP contribution >= 0.6 is 11.3 Å². The van der Waals surface area contributed by atoms with Crippen LogP contribution in [0.25, 0.3) is 0 Å². The van der Waals surface area contributed by atoms with E-state index in [2.05, 4.69) is 45.3 Å². The van der Waals surface area contributed by atoms with Gasteiger partial charge in [-0.05, 0) is 38.1 Å². The highest BCUT2D eigenvalue weighted by atomic mass is 32.1. The van der Waals surface area contributed by atoms with Gasteiger partial charge in [0, 0.05) is 10.8 Å². The van der Waals surface area contributed by atoms with Gasteiger partial charge in [-0.15, -0.1) is 11.3 Å². The summed E-state index contributed by atoms with van der Waals surface area (Å²) < 4.78 is 0. The van der Waals surface area contributed by atoms with E-state index in [1.54, 1.807) is 0 Å². The third-order valence-electron chi connectivity index (χ3n) is 4.16. The summed E-state index contributed by atoms with van der Waals surface area (Å²) >= 11 is 1.85. The zero-order valence-electron chi connectivity index (χ0n) is 13.0. The van der Waals surface area contributed by atoms with Gasteiger partial charge < -0.3 is 5.32 Å². The van der Waals surface area contributed by atoms with Crippen LogP contribution in [0.15, 0.2) is 5.38 Å². The van der Waals surface area contributed by atoms with E-state index in [9.17, 15) is 0 Å². The number of nitrogens with one attached hydrogen (secondary N) is 1. The molecule has 1 aliphatic carbocycles. The van der Waals surface area contributed by atoms with Gasteiger partial charge in [-0.1, -0.05) is 34.6 Å². The molecule has 1 N–H and O–H groups in total. The summed E-state index contributed by atoms with van der Waals surface area (Å²) in [5, 5.41) is 7.38. The molecule has 3 heteroatoms. The first-order chi connectivity index (χ1) is 8.87. The topological polar surface area (TPSA) is 24.9 Å². The lowest BCUT2D eigenvalue weighted by Crippen LogP contribution is -2.40. The lowest BCUT2D eigenvalue weighted by molar-refractivity contribution is 0.329. The van der Waals surface area contributed by atoms with Crippen LogP contribution in [0.2, 0.25) is 0 Å². The molecule has 0 aliphatic heterocycles. The van der Waals surface area contributed by atoms with Gasteiger partial charge in [0.2, 0.25) is 0 Å². The maximum Gasteiger partial charge on any atom is 0.113 e. The molecule has 1 saturated carbocycles. The molecule has 1 aromatic rings. The quantitative estimate of drug-likeness (QED) is 0.881. The first kappa shape index (κ1) is 15.0. The third kappa shape index (κ3) is 3.19. The van der Waals surface area contributed by atoms with Crippen LogP contribution in [0.4, 0.5) is 0 Å². The maximum absolute atomic E-state index is 4.98. The minimum absolute atomic E-state index is 0.156. The molecule has 0 bridgehead atoms. The Morgan fingerprint density at radius 3 is 2.68 bits per heavy atom. The van der Waals surface area contributed by atoms with E-state index in [0.717, 1.165) is 12.5 Å². The molecule has 2 atom stereocenters. The van der Waals surface area contributed by atoms with Crippen molar-refractivity contribution >= 4 is 11.3 Å². The van der Waals surface area contributed by atoms with Crippen molar-refractivity contribution in [3.8, 4) is 0 Å². The Bertz CT molecular complexity index is 419. The molecule has 0 spiro atoms. The zero-order valence-corrected chi connectivity index (χ0v) is 13.9. The van der Waals surface area contributed by atoms with E-state index >= 15 is 0 Å². The highest BCUT2D eigenvalue weighted by molar-refractivity contribution is 7.09. The second-order valence-corrected chi connectivity index (χ2v) is 8.00. The number of hydrogen-bond acceptors (Lipinski definition) is 3. The average Bonchev–Trinajstić information content (AvgIpc) is 2.93. The fourth-order valence-corrected chi connectivity index (χ4v) is 4.19. The van der Waals surface area contributed by atoms with E-state index in [0.29, 0.717) is 0 Å². The summed E-state index contributed by atoms with van der Waals surface area (Å²) in [4.78, 5) is 4.98. The number of nitrogens with zero attached hydrogens (tertiary/aromatic N) is 1. The Hall–Kier alpha value is -0.410. The van der Waals surface area contributed by atoms with Crippen LogP contribution in [-0.4, -0.2) is 11.5 Å². The summed E-state index contributed by atoms with van der Waals surface area (Å²) in [5.41, 5.74) is 1.55. The van der Waals surface area contributed by atoms with E-state index < -0.39 is 0 Å². The van der Waals surface area contributed by atoms with Gasteiger partial charge in [-0.25, -0.2) is 4.98 Å². The largest absolute Gasteiger partial charge is 0.305 e. The monoisotopic (exact) mass is 280 g/mol. The van der Waals surface area contributed by atoms with Crippen molar-refractivity contribution in [3.63, 3.8) is 0 Å². The van der Waals surface area contributed by atoms with Crippen molar-refractivity contribution in [1.29, 1.82) is 0 Å². The number of hydrogen-bond donors (Lipinski definition) is 1. The average molecular weight is 280 g/mol. The summed E-state index contributed by atoms with van der Waals surface area (Å²) in [6.45, 7) is 12.4. The van der Waals surface area contributed by atoms with Gasteiger partial charge >= 0.3 is 0 Å². The summed E-state index contributed by atoms with van der Waals surface area (Å²) in [6.07, 6.45) is 4.99. The van der Waals surface area contributed by atoms with Crippen molar-refractivity contribution in [3.05, 3.63) is 16.1 Å². The van der Waals surface area contributed by atoms with Gasteiger partial charge in [0.25, 0.3) is 0 Å². The number of thiazole rings is 1. The second-order valence-electron chi connectivity index (χ2n) is 7.14. The lowest BCUT2D eigenvalue weighted by atomic mass is 9.92. The molecular weight excluding hydrogens is 252 g/mol. The van der Waals surface area contributed by atoms with Crippen molar-refractivity contribution in [1.82, 2.24) is 10.3 Å². The standard InChI is InChI=1S/C16H28N2S/c1-6-9-17-16(8-7-12(2)10-16)14-18-13(11-19-14)15(3,4)5/h11-12,17H,6-10H2,1-5H3. The van der Waals surface area contributed by atoms with Crippen LogP contribution < -0.4 is 5.32 Å². The smallest absolute Gasteiger partial charge is 0.113 e. The predicted octanol–water partition coefficient (Wildman–Crippen LogP) is 4.46. The summed E-state index contributed by atoms with van der Waals surface area (Å²) in [6, 6.07) is 0. The Kier molecular flexibility index (Phi) is 4.36. The van der Waals surface area contributed by atoms with Gasteiger partial charge in [-0.2, -0.15) is 0 Å². The van der Waals surface area contributed by atoms with Gasteiger partial charge in [-0.3, -0.25) is 0 Å². The highest BCUT2D eigenvalue weighted by Crippen LogP contribution is 2.43. The Balaban J connectivity index is 2.26. The molecule has 1 aromatic heterocycles. The van der Waals surface area contributed by atoms with Crippen molar-refractivity contribution < 1.29 is 0 Å². The van der Waals surface area contributed by atoms with E-state index in [4.69, 9.17) is 4.98 Å². The Labute approximate surface area is 122 Å². The molecule has 1 fully saturated rings. The molecule has 1 aliphatic rings. The minimum Gasteiger partial charge on any atom is -0.305 e. The van der Waals surface area contributed by atoms with Crippen LogP contribution in [-0.2, 0) is 11.0 Å². The molecule has 19 heavy (non-hydrogen) atoms. The number of aromatic nitrogens is 1. The molecule has 0 amide bonds. The van der Waals surface area contributed by atoms with Crippen LogP contribution in [0.5, 0.6) is 0 Å². The van der Waals surface area contributed by atoms with Crippen LogP contribution in [0.3, 0.4) is 0 Å². The van der Waals surface area contributed by atoms with Crippen LogP contribution in [0, 0.1) is 5.92 Å². The Morgan fingerprint density at radius 2 is 2.21 bits per heavy atom. The molecular formula is C16H28N2S. The summed E-state index contributed by atoms with van der Waals surface area (Å²) in [7, 11) is 0. The van der Waals surface area contributed by atoms with Crippen LogP contribution in [0.1, 0.15) is 71.0 Å². The van der Waals surface area contributed by atoms with Crippen molar-refractivity contribution in [2.24, 2.45) is 5.92 Å². The Morgan fingerprint density at radius 1 is 1.47 bits per heavy atom. The fraction of sp³-hybridized carbons (Fsp3) is 0.812. The first-order valence-electron chi connectivity index (χ1n) is 7.59. The van der Waals surface area contributed by atoms with Crippen molar-refractivity contribution in [2.75, 3.05) is 6.54 Å². The van der Waals surface area contributed by atoms with E-state index in [-0.39, 0.29) is 11.0 Å². The molecule has 0 saturated heterocycles. The highest BCUT2D eigenvalue weighted by Gasteiger charge is 2.41. The molecule has 108 valence electrons. The molecule has 2 nitrogen and oxygen atoms in total. The molecule has 2 unspecified atom stereocenters. The van der Waals surface area contributed by atoms with Gasteiger partial charge in [0.1, 0.15) is 5.01 Å². The SMILES string of the molecule is CCCNC1(c2nc(C(C)(C)C)cs2)CCC(C)C1. The van der Waals surface area contributed by atoms with Gasteiger partial charge in [0.05, 0.1) is 11.2 Å². The molecule has 0 aromatic carbocycles. The summed E-state index contributed by atoms with van der Waals surface area (Å²) in [5.74, 6) is 0.811. The third-order valence-corrected chi connectivity index (χ3v) is 5.20. The van der Waals surface area contributed by atoms with Gasteiger partial charge in [0.15, 0.2) is 0 Å². The molecule has 0 radical (unpaired) electrons. The second kappa shape index (κ2) is 5.53.